The predicted octanol–water partition coefficient (Wildman–Crippen LogP) is 3.52. The SMILES string of the molecule is CC(C)(C)NCc1ccc(COCC2CCOCC2)cc1. The van der Waals surface area contributed by atoms with Crippen molar-refractivity contribution in [1.29, 1.82) is 0 Å². The second-order valence-corrected chi connectivity index (χ2v) is 6.99. The minimum Gasteiger partial charge on any atom is -0.381 e. The molecular formula is C18H29NO2. The maximum absolute atomic E-state index is 5.84. The molecule has 1 N–H and O–H groups in total. The van der Waals surface area contributed by atoms with Gasteiger partial charge in [-0.05, 0) is 50.7 Å². The number of rotatable bonds is 6. The molecule has 0 spiro atoms. The molecule has 0 aromatic heterocycles. The summed E-state index contributed by atoms with van der Waals surface area (Å²) in [5, 5.41) is 3.50. The Balaban J connectivity index is 1.69. The van der Waals surface area contributed by atoms with Crippen LogP contribution in [0, 0.1) is 5.92 Å². The maximum Gasteiger partial charge on any atom is 0.0717 e. The molecule has 0 atom stereocenters. The minimum atomic E-state index is 0.158. The predicted molar refractivity (Wildman–Crippen MR) is 86.2 cm³/mol. The zero-order valence-electron chi connectivity index (χ0n) is 13.7. The fourth-order valence-corrected chi connectivity index (χ4v) is 2.38. The third-order valence-electron chi connectivity index (χ3n) is 3.81. The molecule has 3 heteroatoms. The van der Waals surface area contributed by atoms with Gasteiger partial charge in [0.15, 0.2) is 0 Å². The first-order chi connectivity index (χ1) is 10.0. The van der Waals surface area contributed by atoms with Crippen molar-refractivity contribution in [3.8, 4) is 0 Å². The van der Waals surface area contributed by atoms with E-state index in [0.717, 1.165) is 39.2 Å². The number of nitrogens with one attached hydrogen (secondary N) is 1. The third kappa shape index (κ3) is 6.60. The number of benzene rings is 1. The topological polar surface area (TPSA) is 30.5 Å². The molecule has 0 amide bonds. The molecular weight excluding hydrogens is 262 g/mol. The van der Waals surface area contributed by atoms with E-state index in [4.69, 9.17) is 9.47 Å². The van der Waals surface area contributed by atoms with E-state index >= 15 is 0 Å². The van der Waals surface area contributed by atoms with Gasteiger partial charge < -0.3 is 14.8 Å². The molecule has 1 aliphatic heterocycles. The molecule has 0 aliphatic carbocycles. The Hall–Kier alpha value is -0.900. The number of hydrogen-bond acceptors (Lipinski definition) is 3. The molecule has 3 nitrogen and oxygen atoms in total. The van der Waals surface area contributed by atoms with Crippen LogP contribution in [0.15, 0.2) is 24.3 Å². The van der Waals surface area contributed by atoms with Crippen LogP contribution in [0.1, 0.15) is 44.7 Å². The lowest BCUT2D eigenvalue weighted by atomic mass is 10.0. The first kappa shape index (κ1) is 16.5. The Labute approximate surface area is 129 Å². The lowest BCUT2D eigenvalue weighted by Gasteiger charge is -2.22. The molecule has 21 heavy (non-hydrogen) atoms. The first-order valence-electron chi connectivity index (χ1n) is 8.01. The average molecular weight is 291 g/mol. The van der Waals surface area contributed by atoms with Crippen LogP contribution in [0.2, 0.25) is 0 Å². The minimum absolute atomic E-state index is 0.158. The largest absolute Gasteiger partial charge is 0.381 e. The fourth-order valence-electron chi connectivity index (χ4n) is 2.38. The van der Waals surface area contributed by atoms with Crippen molar-refractivity contribution in [3.05, 3.63) is 35.4 Å². The van der Waals surface area contributed by atoms with E-state index in [2.05, 4.69) is 50.4 Å². The van der Waals surface area contributed by atoms with Gasteiger partial charge in [-0.25, -0.2) is 0 Å². The van der Waals surface area contributed by atoms with Gasteiger partial charge in [0.05, 0.1) is 13.2 Å². The molecule has 1 saturated heterocycles. The van der Waals surface area contributed by atoms with Crippen LogP contribution in [0.4, 0.5) is 0 Å². The van der Waals surface area contributed by atoms with E-state index in [9.17, 15) is 0 Å². The highest BCUT2D eigenvalue weighted by molar-refractivity contribution is 5.22. The molecule has 0 unspecified atom stereocenters. The van der Waals surface area contributed by atoms with Gasteiger partial charge in [0.25, 0.3) is 0 Å². The standard InChI is InChI=1S/C18H29NO2/c1-18(2,3)19-12-15-4-6-16(7-5-15)13-21-14-17-8-10-20-11-9-17/h4-7,17,19H,8-14H2,1-3H3. The smallest absolute Gasteiger partial charge is 0.0717 e. The lowest BCUT2D eigenvalue weighted by molar-refractivity contribution is 0.0157. The summed E-state index contributed by atoms with van der Waals surface area (Å²) in [6.45, 7) is 10.8. The van der Waals surface area contributed by atoms with Gasteiger partial charge in [0.1, 0.15) is 0 Å². The van der Waals surface area contributed by atoms with E-state index in [-0.39, 0.29) is 5.54 Å². The highest BCUT2D eigenvalue weighted by Crippen LogP contribution is 2.16. The third-order valence-corrected chi connectivity index (χ3v) is 3.81. The summed E-state index contributed by atoms with van der Waals surface area (Å²) in [5.41, 5.74) is 2.73. The molecule has 118 valence electrons. The zero-order chi connectivity index (χ0) is 15.1. The molecule has 0 bridgehead atoms. The Bertz CT molecular complexity index is 402. The molecule has 2 rings (SSSR count). The van der Waals surface area contributed by atoms with E-state index in [1.165, 1.54) is 11.1 Å². The van der Waals surface area contributed by atoms with Crippen LogP contribution in [-0.4, -0.2) is 25.4 Å². The van der Waals surface area contributed by atoms with Crippen LogP contribution in [0.25, 0.3) is 0 Å². The van der Waals surface area contributed by atoms with Crippen LogP contribution >= 0.6 is 0 Å². The van der Waals surface area contributed by atoms with E-state index in [0.29, 0.717) is 12.5 Å². The first-order valence-corrected chi connectivity index (χ1v) is 8.01. The van der Waals surface area contributed by atoms with Crippen LogP contribution < -0.4 is 5.32 Å². The highest BCUT2D eigenvalue weighted by atomic mass is 16.5. The van der Waals surface area contributed by atoms with Crippen LogP contribution in [-0.2, 0) is 22.6 Å². The normalized spacial score (nSPS) is 17.1. The van der Waals surface area contributed by atoms with E-state index in [1.807, 2.05) is 0 Å². The van der Waals surface area contributed by atoms with Crippen molar-refractivity contribution in [1.82, 2.24) is 5.32 Å². The van der Waals surface area contributed by atoms with Gasteiger partial charge in [-0.3, -0.25) is 0 Å². The molecule has 0 saturated carbocycles. The van der Waals surface area contributed by atoms with Crippen LogP contribution in [0.5, 0.6) is 0 Å². The monoisotopic (exact) mass is 291 g/mol. The molecule has 1 aromatic rings. The Kier molecular flexibility index (Phi) is 6.22. The van der Waals surface area contributed by atoms with Crippen molar-refractivity contribution >= 4 is 0 Å². The lowest BCUT2D eigenvalue weighted by Crippen LogP contribution is -2.35. The molecule has 0 radical (unpaired) electrons. The average Bonchev–Trinajstić information content (AvgIpc) is 2.47. The zero-order valence-corrected chi connectivity index (χ0v) is 13.7. The maximum atomic E-state index is 5.84. The van der Waals surface area contributed by atoms with Gasteiger partial charge in [-0.1, -0.05) is 24.3 Å². The molecule has 1 aromatic carbocycles. The number of hydrogen-bond donors (Lipinski definition) is 1. The van der Waals surface area contributed by atoms with Crippen LogP contribution in [0.3, 0.4) is 0 Å². The van der Waals surface area contributed by atoms with E-state index < -0.39 is 0 Å². The summed E-state index contributed by atoms with van der Waals surface area (Å²) in [7, 11) is 0. The molecule has 1 aliphatic rings. The summed E-state index contributed by atoms with van der Waals surface area (Å²) in [6, 6.07) is 8.71. The number of ether oxygens (including phenoxy) is 2. The van der Waals surface area contributed by atoms with Crippen molar-refractivity contribution in [3.63, 3.8) is 0 Å². The van der Waals surface area contributed by atoms with Crippen molar-refractivity contribution < 1.29 is 9.47 Å². The summed E-state index contributed by atoms with van der Waals surface area (Å²) >= 11 is 0. The summed E-state index contributed by atoms with van der Waals surface area (Å²) < 4.78 is 11.2. The fraction of sp³-hybridized carbons (Fsp3) is 0.667. The van der Waals surface area contributed by atoms with E-state index in [1.54, 1.807) is 0 Å². The molecule has 1 heterocycles. The summed E-state index contributed by atoms with van der Waals surface area (Å²) in [6.07, 6.45) is 2.27. The van der Waals surface area contributed by atoms with Crippen molar-refractivity contribution in [2.75, 3.05) is 19.8 Å². The van der Waals surface area contributed by atoms with Gasteiger partial charge in [-0.15, -0.1) is 0 Å². The van der Waals surface area contributed by atoms with Gasteiger partial charge in [-0.2, -0.15) is 0 Å². The quantitative estimate of drug-likeness (QED) is 0.870. The van der Waals surface area contributed by atoms with Crippen molar-refractivity contribution in [2.45, 2.75) is 52.3 Å². The van der Waals surface area contributed by atoms with Crippen molar-refractivity contribution in [2.24, 2.45) is 5.92 Å². The molecule has 1 fully saturated rings. The second kappa shape index (κ2) is 7.92. The summed E-state index contributed by atoms with van der Waals surface area (Å²) in [4.78, 5) is 0. The Morgan fingerprint density at radius 2 is 1.71 bits per heavy atom. The Morgan fingerprint density at radius 3 is 2.33 bits per heavy atom. The summed E-state index contributed by atoms with van der Waals surface area (Å²) in [5.74, 6) is 0.675. The second-order valence-electron chi connectivity index (χ2n) is 6.99. The van der Waals surface area contributed by atoms with Gasteiger partial charge >= 0.3 is 0 Å². The highest BCUT2D eigenvalue weighted by Gasteiger charge is 2.13. The van der Waals surface area contributed by atoms with Gasteiger partial charge in [0, 0.05) is 25.3 Å². The van der Waals surface area contributed by atoms with Gasteiger partial charge in [0.2, 0.25) is 0 Å². The Morgan fingerprint density at radius 1 is 1.10 bits per heavy atom.